The maximum absolute atomic E-state index is 11.6. The first-order valence-electron chi connectivity index (χ1n) is 5.74. The molecule has 0 saturated carbocycles. The van der Waals surface area contributed by atoms with Gasteiger partial charge >= 0.3 is 0 Å². The molecule has 86 valence electrons. The van der Waals surface area contributed by atoms with Gasteiger partial charge in [-0.3, -0.25) is 4.79 Å². The van der Waals surface area contributed by atoms with Crippen molar-refractivity contribution in [2.75, 3.05) is 6.54 Å². The average Bonchev–Trinajstić information content (AvgIpc) is 2.19. The summed E-state index contributed by atoms with van der Waals surface area (Å²) >= 11 is 0. The molecule has 3 heteroatoms. The van der Waals surface area contributed by atoms with E-state index in [2.05, 4.69) is 19.2 Å². The van der Waals surface area contributed by atoms with Gasteiger partial charge in [-0.25, -0.2) is 0 Å². The van der Waals surface area contributed by atoms with Gasteiger partial charge in [0.15, 0.2) is 0 Å². The minimum Gasteiger partial charge on any atom is -0.355 e. The van der Waals surface area contributed by atoms with E-state index in [4.69, 9.17) is 5.26 Å². The standard InChI is InChI=1S/C12H22N2O/c1-5-10(6-2)8-14-12(15)11(7-13)9(3)4/h9-11H,5-6,8H2,1-4H3,(H,14,15). The second-order valence-corrected chi connectivity index (χ2v) is 4.28. The maximum atomic E-state index is 11.6. The molecule has 0 aromatic rings. The summed E-state index contributed by atoms with van der Waals surface area (Å²) in [6.45, 7) is 8.71. The van der Waals surface area contributed by atoms with Gasteiger partial charge < -0.3 is 5.32 Å². The molecule has 0 aromatic carbocycles. The Kier molecular flexibility index (Phi) is 6.77. The number of hydrogen-bond donors (Lipinski definition) is 1. The molecular formula is C12H22N2O. The van der Waals surface area contributed by atoms with Crippen LogP contribution in [0, 0.1) is 29.1 Å². The largest absolute Gasteiger partial charge is 0.355 e. The molecule has 0 saturated heterocycles. The van der Waals surface area contributed by atoms with Crippen molar-refractivity contribution in [3.05, 3.63) is 0 Å². The normalized spacial score (nSPS) is 12.6. The van der Waals surface area contributed by atoms with Crippen LogP contribution in [0.5, 0.6) is 0 Å². The van der Waals surface area contributed by atoms with Crippen LogP contribution in [0.1, 0.15) is 40.5 Å². The van der Waals surface area contributed by atoms with Crippen molar-refractivity contribution in [3.63, 3.8) is 0 Å². The van der Waals surface area contributed by atoms with Crippen LogP contribution in [-0.2, 0) is 4.79 Å². The van der Waals surface area contributed by atoms with Crippen molar-refractivity contribution >= 4 is 5.91 Å². The van der Waals surface area contributed by atoms with Crippen LogP contribution in [0.3, 0.4) is 0 Å². The fraction of sp³-hybridized carbons (Fsp3) is 0.833. The minimum absolute atomic E-state index is 0.0803. The average molecular weight is 210 g/mol. The van der Waals surface area contributed by atoms with Gasteiger partial charge in [0.2, 0.25) is 5.91 Å². The first-order valence-corrected chi connectivity index (χ1v) is 5.74. The van der Waals surface area contributed by atoms with Gasteiger partial charge in [-0.05, 0) is 11.8 Å². The van der Waals surface area contributed by atoms with Crippen LogP contribution >= 0.6 is 0 Å². The lowest BCUT2D eigenvalue weighted by atomic mass is 9.96. The Balaban J connectivity index is 4.08. The Labute approximate surface area is 92.9 Å². The van der Waals surface area contributed by atoms with E-state index in [0.29, 0.717) is 12.5 Å². The number of carbonyl (C=O) groups excluding carboxylic acids is 1. The molecule has 0 spiro atoms. The van der Waals surface area contributed by atoms with Crippen molar-refractivity contribution in [3.8, 4) is 6.07 Å². The lowest BCUT2D eigenvalue weighted by Gasteiger charge is -2.16. The molecule has 0 aliphatic rings. The van der Waals surface area contributed by atoms with Crippen LogP contribution in [0.4, 0.5) is 0 Å². The first kappa shape index (κ1) is 14.0. The SMILES string of the molecule is CCC(CC)CNC(=O)C(C#N)C(C)C. The summed E-state index contributed by atoms with van der Waals surface area (Å²) in [7, 11) is 0. The third kappa shape index (κ3) is 4.83. The lowest BCUT2D eigenvalue weighted by molar-refractivity contribution is -0.124. The molecule has 0 bridgehead atoms. The molecule has 0 heterocycles. The molecule has 0 aliphatic heterocycles. The van der Waals surface area contributed by atoms with Crippen LogP contribution in [0.25, 0.3) is 0 Å². The Hall–Kier alpha value is -1.04. The van der Waals surface area contributed by atoms with Gasteiger partial charge in [-0.1, -0.05) is 40.5 Å². The summed E-state index contributed by atoms with van der Waals surface area (Å²) in [5, 5.41) is 11.7. The van der Waals surface area contributed by atoms with Gasteiger partial charge in [0.25, 0.3) is 0 Å². The predicted molar refractivity (Wildman–Crippen MR) is 61.0 cm³/mol. The number of rotatable bonds is 6. The van der Waals surface area contributed by atoms with Crippen LogP contribution in [-0.4, -0.2) is 12.5 Å². The Morgan fingerprint density at radius 2 is 1.87 bits per heavy atom. The van der Waals surface area contributed by atoms with Crippen LogP contribution in [0.15, 0.2) is 0 Å². The minimum atomic E-state index is -0.514. The molecule has 15 heavy (non-hydrogen) atoms. The number of nitrogens with zero attached hydrogens (tertiary/aromatic N) is 1. The summed E-state index contributed by atoms with van der Waals surface area (Å²) < 4.78 is 0. The monoisotopic (exact) mass is 210 g/mol. The smallest absolute Gasteiger partial charge is 0.237 e. The summed E-state index contributed by atoms with van der Waals surface area (Å²) in [5.74, 6) is -0.0316. The van der Waals surface area contributed by atoms with Crippen molar-refractivity contribution in [1.29, 1.82) is 5.26 Å². The van der Waals surface area contributed by atoms with Gasteiger partial charge in [0.05, 0.1) is 6.07 Å². The number of nitriles is 1. The maximum Gasteiger partial charge on any atom is 0.237 e. The second kappa shape index (κ2) is 7.28. The lowest BCUT2D eigenvalue weighted by Crippen LogP contribution is -2.35. The molecule has 1 N–H and O–H groups in total. The van der Waals surface area contributed by atoms with Gasteiger partial charge in [0.1, 0.15) is 5.92 Å². The van der Waals surface area contributed by atoms with Crippen molar-refractivity contribution in [1.82, 2.24) is 5.32 Å². The van der Waals surface area contributed by atoms with E-state index < -0.39 is 5.92 Å². The van der Waals surface area contributed by atoms with E-state index in [-0.39, 0.29) is 11.8 Å². The molecule has 0 radical (unpaired) electrons. The van der Waals surface area contributed by atoms with Gasteiger partial charge in [-0.15, -0.1) is 0 Å². The molecule has 0 aliphatic carbocycles. The molecule has 1 unspecified atom stereocenters. The van der Waals surface area contributed by atoms with E-state index in [1.165, 1.54) is 0 Å². The molecule has 1 amide bonds. The van der Waals surface area contributed by atoms with E-state index in [9.17, 15) is 4.79 Å². The Bertz CT molecular complexity index is 226. The van der Waals surface area contributed by atoms with Gasteiger partial charge in [0, 0.05) is 6.54 Å². The van der Waals surface area contributed by atoms with Crippen molar-refractivity contribution in [2.45, 2.75) is 40.5 Å². The highest BCUT2D eigenvalue weighted by molar-refractivity contribution is 5.81. The van der Waals surface area contributed by atoms with E-state index in [0.717, 1.165) is 12.8 Å². The number of amides is 1. The second-order valence-electron chi connectivity index (χ2n) is 4.28. The van der Waals surface area contributed by atoms with Crippen LogP contribution in [0.2, 0.25) is 0 Å². The van der Waals surface area contributed by atoms with E-state index >= 15 is 0 Å². The summed E-state index contributed by atoms with van der Waals surface area (Å²) in [5.41, 5.74) is 0. The highest BCUT2D eigenvalue weighted by atomic mass is 16.1. The molecule has 0 aromatic heterocycles. The summed E-state index contributed by atoms with van der Waals surface area (Å²) in [6, 6.07) is 2.05. The van der Waals surface area contributed by atoms with Crippen LogP contribution < -0.4 is 5.32 Å². The highest BCUT2D eigenvalue weighted by Gasteiger charge is 2.21. The molecule has 3 nitrogen and oxygen atoms in total. The third-order valence-corrected chi connectivity index (χ3v) is 2.81. The molecule has 0 rings (SSSR count). The van der Waals surface area contributed by atoms with E-state index in [1.807, 2.05) is 19.9 Å². The zero-order valence-electron chi connectivity index (χ0n) is 10.2. The number of hydrogen-bond acceptors (Lipinski definition) is 2. The predicted octanol–water partition coefficient (Wildman–Crippen LogP) is 2.33. The van der Waals surface area contributed by atoms with Gasteiger partial charge in [-0.2, -0.15) is 5.26 Å². The number of carbonyl (C=O) groups is 1. The molecular weight excluding hydrogens is 188 g/mol. The number of nitrogens with one attached hydrogen (secondary N) is 1. The zero-order chi connectivity index (χ0) is 11.8. The first-order chi connectivity index (χ1) is 7.06. The Morgan fingerprint density at radius 3 is 2.20 bits per heavy atom. The topological polar surface area (TPSA) is 52.9 Å². The fourth-order valence-corrected chi connectivity index (χ4v) is 1.44. The fourth-order valence-electron chi connectivity index (χ4n) is 1.44. The highest BCUT2D eigenvalue weighted by Crippen LogP contribution is 2.10. The van der Waals surface area contributed by atoms with E-state index in [1.54, 1.807) is 0 Å². The molecule has 1 atom stereocenters. The van der Waals surface area contributed by atoms with Crippen molar-refractivity contribution in [2.24, 2.45) is 17.8 Å². The van der Waals surface area contributed by atoms with Crippen molar-refractivity contribution < 1.29 is 4.79 Å². The molecule has 0 fully saturated rings. The zero-order valence-corrected chi connectivity index (χ0v) is 10.2. The third-order valence-electron chi connectivity index (χ3n) is 2.81. The summed E-state index contributed by atoms with van der Waals surface area (Å²) in [6.07, 6.45) is 2.13. The quantitative estimate of drug-likeness (QED) is 0.731. The summed E-state index contributed by atoms with van der Waals surface area (Å²) in [4.78, 5) is 11.6. The Morgan fingerprint density at radius 1 is 1.33 bits per heavy atom.